The second-order valence-electron chi connectivity index (χ2n) is 5.24. The second-order valence-corrected chi connectivity index (χ2v) is 6.56. The molecule has 0 aliphatic carbocycles. The first kappa shape index (κ1) is 15.2. The van der Waals surface area contributed by atoms with Gasteiger partial charge in [0.2, 0.25) is 5.91 Å². The Bertz CT molecular complexity index is 400. The van der Waals surface area contributed by atoms with E-state index in [1.165, 1.54) is 9.75 Å². The van der Waals surface area contributed by atoms with E-state index in [2.05, 4.69) is 26.0 Å². The first-order chi connectivity index (χ1) is 8.32. The van der Waals surface area contributed by atoms with Crippen LogP contribution in [0.5, 0.6) is 0 Å². The molecule has 18 heavy (non-hydrogen) atoms. The highest BCUT2D eigenvalue weighted by Gasteiger charge is 2.21. The summed E-state index contributed by atoms with van der Waals surface area (Å²) in [7, 11) is 1.86. The van der Waals surface area contributed by atoms with Crippen LogP contribution in [0.2, 0.25) is 0 Å². The maximum absolute atomic E-state index is 12.1. The van der Waals surface area contributed by atoms with Gasteiger partial charge < -0.3 is 10.6 Å². The van der Waals surface area contributed by atoms with Crippen molar-refractivity contribution in [3.8, 4) is 0 Å². The van der Waals surface area contributed by atoms with Gasteiger partial charge in [-0.2, -0.15) is 0 Å². The Balaban J connectivity index is 2.63. The minimum atomic E-state index is -0.0581. The lowest BCUT2D eigenvalue weighted by Crippen LogP contribution is -2.37. The third-order valence-electron chi connectivity index (χ3n) is 3.41. The summed E-state index contributed by atoms with van der Waals surface area (Å²) in [5, 5.41) is 0. The highest BCUT2D eigenvalue weighted by molar-refractivity contribution is 7.12. The molecule has 2 N–H and O–H groups in total. The molecule has 1 amide bonds. The maximum atomic E-state index is 12.1. The Morgan fingerprint density at radius 1 is 1.39 bits per heavy atom. The van der Waals surface area contributed by atoms with Crippen LogP contribution < -0.4 is 5.73 Å². The Kier molecular flexibility index (Phi) is 5.35. The summed E-state index contributed by atoms with van der Waals surface area (Å²) in [6.45, 7) is 8.23. The molecule has 0 aromatic carbocycles. The number of amides is 1. The summed E-state index contributed by atoms with van der Waals surface area (Å²) in [6, 6.07) is 4.25. The van der Waals surface area contributed by atoms with Crippen LogP contribution >= 0.6 is 11.3 Å². The predicted octanol–water partition coefficient (Wildman–Crippen LogP) is 2.95. The lowest BCUT2D eigenvalue weighted by Gasteiger charge is -2.26. The average Bonchev–Trinajstić information content (AvgIpc) is 2.73. The van der Waals surface area contributed by atoms with Crippen molar-refractivity contribution in [2.24, 2.45) is 11.7 Å². The minimum Gasteiger partial charge on any atom is -0.338 e. The summed E-state index contributed by atoms with van der Waals surface area (Å²) < 4.78 is 0. The average molecular weight is 268 g/mol. The Labute approximate surface area is 114 Å². The van der Waals surface area contributed by atoms with Crippen LogP contribution in [0, 0.1) is 12.8 Å². The maximum Gasteiger partial charge on any atom is 0.224 e. The number of aryl methyl sites for hydroxylation is 1. The number of rotatable bonds is 5. The fourth-order valence-corrected chi connectivity index (χ4v) is 2.64. The third-order valence-corrected chi connectivity index (χ3v) is 4.58. The first-order valence-electron chi connectivity index (χ1n) is 6.40. The monoisotopic (exact) mass is 268 g/mol. The molecule has 0 aliphatic heterocycles. The van der Waals surface area contributed by atoms with Crippen LogP contribution in [-0.4, -0.2) is 23.9 Å². The van der Waals surface area contributed by atoms with E-state index < -0.39 is 0 Å². The van der Waals surface area contributed by atoms with Gasteiger partial charge in [0, 0.05) is 29.3 Å². The van der Waals surface area contributed by atoms with Gasteiger partial charge in [0.25, 0.3) is 0 Å². The van der Waals surface area contributed by atoms with E-state index in [1.807, 2.05) is 20.9 Å². The van der Waals surface area contributed by atoms with Gasteiger partial charge in [-0.05, 0) is 31.9 Å². The quantitative estimate of drug-likeness (QED) is 0.892. The molecule has 0 radical (unpaired) electrons. The van der Waals surface area contributed by atoms with Crippen LogP contribution in [0.25, 0.3) is 0 Å². The van der Waals surface area contributed by atoms with E-state index in [0.717, 1.165) is 0 Å². The van der Waals surface area contributed by atoms with E-state index in [-0.39, 0.29) is 18.0 Å². The highest BCUT2D eigenvalue weighted by atomic mass is 32.1. The number of carbonyl (C=O) groups excluding carboxylic acids is 1. The van der Waals surface area contributed by atoms with Gasteiger partial charge in [0.15, 0.2) is 0 Å². The number of carbonyl (C=O) groups is 1. The molecule has 1 aromatic rings. The van der Waals surface area contributed by atoms with Gasteiger partial charge in [-0.25, -0.2) is 0 Å². The molecular formula is C14H24N2OS. The van der Waals surface area contributed by atoms with E-state index >= 15 is 0 Å². The molecule has 0 aliphatic rings. The zero-order valence-electron chi connectivity index (χ0n) is 11.9. The van der Waals surface area contributed by atoms with Crippen molar-refractivity contribution in [1.82, 2.24) is 4.90 Å². The lowest BCUT2D eigenvalue weighted by atomic mass is 10.0. The van der Waals surface area contributed by atoms with Crippen LogP contribution in [-0.2, 0) is 4.79 Å². The van der Waals surface area contributed by atoms with Crippen molar-refractivity contribution >= 4 is 17.2 Å². The van der Waals surface area contributed by atoms with E-state index in [0.29, 0.717) is 12.3 Å². The number of nitrogens with zero attached hydrogens (tertiary/aromatic N) is 1. The zero-order chi connectivity index (χ0) is 13.9. The summed E-state index contributed by atoms with van der Waals surface area (Å²) in [6.07, 6.45) is 0.420. The Morgan fingerprint density at radius 3 is 2.44 bits per heavy atom. The molecule has 1 heterocycles. The molecule has 0 fully saturated rings. The van der Waals surface area contributed by atoms with Gasteiger partial charge in [-0.1, -0.05) is 13.8 Å². The summed E-state index contributed by atoms with van der Waals surface area (Å²) >= 11 is 1.74. The fraction of sp³-hybridized carbons (Fsp3) is 0.643. The topological polar surface area (TPSA) is 46.3 Å². The van der Waals surface area contributed by atoms with Crippen LogP contribution in [0.4, 0.5) is 0 Å². The van der Waals surface area contributed by atoms with Crippen molar-refractivity contribution in [2.75, 3.05) is 7.05 Å². The third kappa shape index (κ3) is 3.82. The summed E-state index contributed by atoms with van der Waals surface area (Å²) in [5.74, 6) is 0.455. The van der Waals surface area contributed by atoms with E-state index in [1.54, 1.807) is 16.2 Å². The van der Waals surface area contributed by atoms with Gasteiger partial charge in [-0.3, -0.25) is 4.79 Å². The van der Waals surface area contributed by atoms with Gasteiger partial charge in [0.05, 0.1) is 6.04 Å². The molecule has 0 bridgehead atoms. The van der Waals surface area contributed by atoms with Crippen molar-refractivity contribution in [2.45, 2.75) is 46.2 Å². The van der Waals surface area contributed by atoms with Gasteiger partial charge >= 0.3 is 0 Å². The molecule has 0 saturated carbocycles. The molecule has 0 spiro atoms. The van der Waals surface area contributed by atoms with Crippen molar-refractivity contribution in [3.63, 3.8) is 0 Å². The van der Waals surface area contributed by atoms with Gasteiger partial charge in [-0.15, -0.1) is 11.3 Å². The van der Waals surface area contributed by atoms with Crippen molar-refractivity contribution in [1.29, 1.82) is 0 Å². The second kappa shape index (κ2) is 6.34. The SMILES string of the molecule is Cc1ccc(C(C)N(C)C(=O)CC(N)C(C)C)s1. The van der Waals surface area contributed by atoms with E-state index in [4.69, 9.17) is 5.73 Å². The van der Waals surface area contributed by atoms with Crippen molar-refractivity contribution < 1.29 is 4.79 Å². The molecular weight excluding hydrogens is 244 g/mol. The fourth-order valence-electron chi connectivity index (χ4n) is 1.67. The molecule has 2 atom stereocenters. The number of thiophene rings is 1. The first-order valence-corrected chi connectivity index (χ1v) is 7.22. The molecule has 1 aromatic heterocycles. The highest BCUT2D eigenvalue weighted by Crippen LogP contribution is 2.26. The van der Waals surface area contributed by atoms with Crippen LogP contribution in [0.15, 0.2) is 12.1 Å². The minimum absolute atomic E-state index is 0.0581. The largest absolute Gasteiger partial charge is 0.338 e. The van der Waals surface area contributed by atoms with Crippen LogP contribution in [0.3, 0.4) is 0 Å². The Hall–Kier alpha value is -0.870. The summed E-state index contributed by atoms with van der Waals surface area (Å²) in [4.78, 5) is 16.4. The lowest BCUT2D eigenvalue weighted by molar-refractivity contribution is -0.132. The number of hydrogen-bond acceptors (Lipinski definition) is 3. The molecule has 1 rings (SSSR count). The van der Waals surface area contributed by atoms with Crippen molar-refractivity contribution in [3.05, 3.63) is 21.9 Å². The standard InChI is InChI=1S/C14H24N2OS/c1-9(2)12(15)8-14(17)16(5)11(4)13-7-6-10(3)18-13/h6-7,9,11-12H,8,15H2,1-5H3. The van der Waals surface area contributed by atoms with Gasteiger partial charge in [0.1, 0.15) is 0 Å². The molecule has 3 nitrogen and oxygen atoms in total. The Morgan fingerprint density at radius 2 is 2.00 bits per heavy atom. The molecule has 4 heteroatoms. The molecule has 2 unspecified atom stereocenters. The molecule has 0 saturated heterocycles. The number of nitrogens with two attached hydrogens (primary N) is 1. The summed E-state index contributed by atoms with van der Waals surface area (Å²) in [5.41, 5.74) is 5.95. The number of hydrogen-bond donors (Lipinski definition) is 1. The normalized spacial score (nSPS) is 14.6. The van der Waals surface area contributed by atoms with E-state index in [9.17, 15) is 4.79 Å². The molecule has 102 valence electrons. The zero-order valence-corrected chi connectivity index (χ0v) is 12.8. The van der Waals surface area contributed by atoms with Crippen LogP contribution in [0.1, 0.15) is 43.0 Å². The predicted molar refractivity (Wildman–Crippen MR) is 77.7 cm³/mol. The smallest absolute Gasteiger partial charge is 0.224 e.